The van der Waals surface area contributed by atoms with Gasteiger partial charge in [-0.25, -0.2) is 4.79 Å². The van der Waals surface area contributed by atoms with Crippen molar-refractivity contribution in [1.29, 1.82) is 0 Å². The third-order valence-electron chi connectivity index (χ3n) is 3.92. The van der Waals surface area contributed by atoms with Crippen LogP contribution in [0.5, 0.6) is 0 Å². The van der Waals surface area contributed by atoms with Crippen molar-refractivity contribution in [2.45, 2.75) is 19.3 Å². The predicted molar refractivity (Wildman–Crippen MR) is 76.5 cm³/mol. The van der Waals surface area contributed by atoms with Gasteiger partial charge in [-0.2, -0.15) is 0 Å². The van der Waals surface area contributed by atoms with Crippen molar-refractivity contribution in [1.82, 2.24) is 5.32 Å². The van der Waals surface area contributed by atoms with Crippen molar-refractivity contribution in [2.24, 2.45) is 5.41 Å². The Hall–Kier alpha value is -1.55. The molecule has 0 amide bonds. The molecule has 0 heterocycles. The highest BCUT2D eigenvalue weighted by Crippen LogP contribution is 2.40. The summed E-state index contributed by atoms with van der Waals surface area (Å²) in [6.45, 7) is 1.98. The monoisotopic (exact) mass is 262 g/mol. The first-order chi connectivity index (χ1) is 9.19. The Morgan fingerprint density at radius 1 is 1.37 bits per heavy atom. The van der Waals surface area contributed by atoms with Crippen LogP contribution in [0.4, 0.5) is 5.69 Å². The average molecular weight is 262 g/mol. The highest BCUT2D eigenvalue weighted by Gasteiger charge is 2.35. The van der Waals surface area contributed by atoms with E-state index in [9.17, 15) is 4.79 Å². The van der Waals surface area contributed by atoms with E-state index in [0.29, 0.717) is 11.0 Å². The van der Waals surface area contributed by atoms with E-state index in [1.807, 2.05) is 25.2 Å². The summed E-state index contributed by atoms with van der Waals surface area (Å²) in [5.41, 5.74) is 1.93. The number of benzene rings is 1. The molecule has 2 N–H and O–H groups in total. The molecule has 4 nitrogen and oxygen atoms in total. The Balaban J connectivity index is 1.97. The molecule has 0 radical (unpaired) electrons. The third kappa shape index (κ3) is 3.26. The van der Waals surface area contributed by atoms with E-state index in [1.54, 1.807) is 6.07 Å². The van der Waals surface area contributed by atoms with Crippen LogP contribution in [-0.2, 0) is 4.74 Å². The number of hydrogen-bond acceptors (Lipinski definition) is 4. The molecule has 0 aliphatic heterocycles. The lowest BCUT2D eigenvalue weighted by atomic mass is 9.68. The summed E-state index contributed by atoms with van der Waals surface area (Å²) >= 11 is 0. The normalized spacial score (nSPS) is 16.5. The molecule has 1 aromatic carbocycles. The molecule has 0 spiro atoms. The molecule has 1 aliphatic carbocycles. The highest BCUT2D eigenvalue weighted by molar-refractivity contribution is 5.90. The summed E-state index contributed by atoms with van der Waals surface area (Å²) in [6.07, 6.45) is 3.83. The van der Waals surface area contributed by atoms with Crippen molar-refractivity contribution in [3.63, 3.8) is 0 Å². The predicted octanol–water partition coefficient (Wildman–Crippen LogP) is 2.27. The molecule has 104 valence electrons. The standard InChI is InChI=1S/C15H22N2O2/c1-16-10-15(7-4-8-15)11-17-13-6-3-5-12(9-13)14(18)19-2/h3,5-6,9,16-17H,4,7-8,10-11H2,1-2H3. The number of methoxy groups -OCH3 is 1. The lowest BCUT2D eigenvalue weighted by Gasteiger charge is -2.42. The van der Waals surface area contributed by atoms with Crippen LogP contribution in [0.2, 0.25) is 0 Å². The van der Waals surface area contributed by atoms with E-state index in [0.717, 1.165) is 18.8 Å². The maximum atomic E-state index is 11.5. The van der Waals surface area contributed by atoms with Crippen LogP contribution in [0.25, 0.3) is 0 Å². The van der Waals surface area contributed by atoms with Crippen LogP contribution < -0.4 is 10.6 Å². The summed E-state index contributed by atoms with van der Waals surface area (Å²) in [4.78, 5) is 11.5. The average Bonchev–Trinajstić information content (AvgIpc) is 2.41. The van der Waals surface area contributed by atoms with Gasteiger partial charge in [0.15, 0.2) is 0 Å². The molecule has 0 unspecified atom stereocenters. The van der Waals surface area contributed by atoms with E-state index < -0.39 is 0 Å². The smallest absolute Gasteiger partial charge is 0.337 e. The molecule has 1 fully saturated rings. The molecule has 1 saturated carbocycles. The summed E-state index contributed by atoms with van der Waals surface area (Å²) in [5, 5.41) is 6.72. The number of carbonyl (C=O) groups is 1. The lowest BCUT2D eigenvalue weighted by Crippen LogP contribution is -2.44. The van der Waals surface area contributed by atoms with E-state index in [-0.39, 0.29) is 5.97 Å². The molecular weight excluding hydrogens is 240 g/mol. The maximum absolute atomic E-state index is 11.5. The maximum Gasteiger partial charge on any atom is 0.337 e. The second-order valence-corrected chi connectivity index (χ2v) is 5.31. The van der Waals surface area contributed by atoms with Crippen molar-refractivity contribution < 1.29 is 9.53 Å². The van der Waals surface area contributed by atoms with E-state index in [4.69, 9.17) is 4.74 Å². The molecule has 1 aromatic rings. The molecular formula is C15H22N2O2. The Kier molecular flexibility index (Phi) is 4.43. The van der Waals surface area contributed by atoms with Gasteiger partial charge in [0.2, 0.25) is 0 Å². The van der Waals surface area contributed by atoms with E-state index in [2.05, 4.69) is 10.6 Å². The molecule has 0 bridgehead atoms. The van der Waals surface area contributed by atoms with Crippen LogP contribution in [0.3, 0.4) is 0 Å². The number of hydrogen-bond donors (Lipinski definition) is 2. The quantitative estimate of drug-likeness (QED) is 0.772. The molecule has 0 aromatic heterocycles. The zero-order valence-corrected chi connectivity index (χ0v) is 11.7. The number of rotatable bonds is 6. The van der Waals surface area contributed by atoms with Gasteiger partial charge < -0.3 is 15.4 Å². The summed E-state index contributed by atoms with van der Waals surface area (Å²) in [6, 6.07) is 7.47. The first-order valence-electron chi connectivity index (χ1n) is 6.76. The summed E-state index contributed by atoms with van der Waals surface area (Å²) < 4.78 is 4.73. The second kappa shape index (κ2) is 6.06. The number of ether oxygens (including phenoxy) is 1. The van der Waals surface area contributed by atoms with Gasteiger partial charge in [0.25, 0.3) is 0 Å². The van der Waals surface area contributed by atoms with Crippen molar-refractivity contribution in [3.8, 4) is 0 Å². The topological polar surface area (TPSA) is 50.4 Å². The van der Waals surface area contributed by atoms with Crippen LogP contribution in [0, 0.1) is 5.41 Å². The largest absolute Gasteiger partial charge is 0.465 e. The molecule has 1 aliphatic rings. The number of carbonyl (C=O) groups excluding carboxylic acids is 1. The van der Waals surface area contributed by atoms with Crippen LogP contribution in [0.15, 0.2) is 24.3 Å². The Labute approximate surface area is 114 Å². The van der Waals surface area contributed by atoms with Gasteiger partial charge >= 0.3 is 5.97 Å². The van der Waals surface area contributed by atoms with Gasteiger partial charge in [-0.1, -0.05) is 12.5 Å². The first kappa shape index (κ1) is 13.9. The second-order valence-electron chi connectivity index (χ2n) is 5.31. The van der Waals surface area contributed by atoms with E-state index in [1.165, 1.54) is 26.4 Å². The Morgan fingerprint density at radius 2 is 2.16 bits per heavy atom. The number of nitrogens with one attached hydrogen (secondary N) is 2. The van der Waals surface area contributed by atoms with Gasteiger partial charge in [-0.15, -0.1) is 0 Å². The molecule has 4 heteroatoms. The zero-order chi connectivity index (χ0) is 13.7. The fourth-order valence-corrected chi connectivity index (χ4v) is 2.63. The minimum atomic E-state index is -0.294. The van der Waals surface area contributed by atoms with Crippen LogP contribution >= 0.6 is 0 Å². The van der Waals surface area contributed by atoms with Crippen molar-refractivity contribution in [3.05, 3.63) is 29.8 Å². The molecule has 0 saturated heterocycles. The Bertz CT molecular complexity index is 442. The SMILES string of the molecule is CNCC1(CNc2cccc(C(=O)OC)c2)CCC1. The fourth-order valence-electron chi connectivity index (χ4n) is 2.63. The van der Waals surface area contributed by atoms with Gasteiger partial charge in [-0.05, 0) is 38.1 Å². The summed E-state index contributed by atoms with van der Waals surface area (Å²) in [5.74, 6) is -0.294. The highest BCUT2D eigenvalue weighted by atomic mass is 16.5. The van der Waals surface area contributed by atoms with Crippen molar-refractivity contribution >= 4 is 11.7 Å². The lowest BCUT2D eigenvalue weighted by molar-refractivity contribution is 0.0601. The van der Waals surface area contributed by atoms with Gasteiger partial charge in [0.05, 0.1) is 12.7 Å². The van der Waals surface area contributed by atoms with Gasteiger partial charge in [0.1, 0.15) is 0 Å². The zero-order valence-electron chi connectivity index (χ0n) is 11.7. The van der Waals surface area contributed by atoms with Gasteiger partial charge in [-0.3, -0.25) is 0 Å². The minimum absolute atomic E-state index is 0.294. The van der Waals surface area contributed by atoms with Crippen LogP contribution in [0.1, 0.15) is 29.6 Å². The Morgan fingerprint density at radius 3 is 2.74 bits per heavy atom. The minimum Gasteiger partial charge on any atom is -0.465 e. The van der Waals surface area contributed by atoms with E-state index >= 15 is 0 Å². The molecule has 19 heavy (non-hydrogen) atoms. The van der Waals surface area contributed by atoms with Crippen LogP contribution in [-0.4, -0.2) is 33.2 Å². The first-order valence-corrected chi connectivity index (χ1v) is 6.76. The van der Waals surface area contributed by atoms with Gasteiger partial charge in [0, 0.05) is 24.2 Å². The molecule has 0 atom stereocenters. The third-order valence-corrected chi connectivity index (χ3v) is 3.92. The van der Waals surface area contributed by atoms with Crippen molar-refractivity contribution in [2.75, 3.05) is 32.6 Å². The molecule has 2 rings (SSSR count). The number of anilines is 1. The summed E-state index contributed by atoms with van der Waals surface area (Å²) in [7, 11) is 3.40. The number of esters is 1. The fraction of sp³-hybridized carbons (Fsp3) is 0.533.